The third-order valence-electron chi connectivity index (χ3n) is 3.72. The van der Waals surface area contributed by atoms with Gasteiger partial charge in [-0.15, -0.1) is 11.8 Å². The van der Waals surface area contributed by atoms with Crippen molar-refractivity contribution in [2.75, 3.05) is 12.3 Å². The summed E-state index contributed by atoms with van der Waals surface area (Å²) in [6, 6.07) is 10.3. The second-order valence-corrected chi connectivity index (χ2v) is 9.18. The molecule has 0 N–H and O–H groups in total. The number of hydrogen-bond donors (Lipinski definition) is 0. The van der Waals surface area contributed by atoms with Crippen LogP contribution >= 0.6 is 35.0 Å². The van der Waals surface area contributed by atoms with Crippen molar-refractivity contribution in [1.82, 2.24) is 4.31 Å². The third kappa shape index (κ3) is 3.63. The van der Waals surface area contributed by atoms with E-state index in [0.29, 0.717) is 22.9 Å². The Morgan fingerprint density at radius 3 is 2.48 bits per heavy atom. The van der Waals surface area contributed by atoms with E-state index in [1.807, 2.05) is 0 Å². The highest BCUT2D eigenvalue weighted by molar-refractivity contribution is 8.01. The fourth-order valence-corrected chi connectivity index (χ4v) is 6.07. The number of nitrogens with zero attached hydrogens (tertiary/aromatic N) is 2. The summed E-state index contributed by atoms with van der Waals surface area (Å²) in [6.07, 6.45) is 0. The van der Waals surface area contributed by atoms with Gasteiger partial charge in [0.05, 0.1) is 15.2 Å². The highest BCUT2D eigenvalue weighted by atomic mass is 35.5. The standard InChI is InChI=1S/C15H12Cl2N2O4S2/c16-11-2-4-12(5-3-11)25(22,23)18-7-8-24-15(18)10-1-6-13(17)14(9-10)19(20)21/h1-6,9,15H,7-8H2/t15-/m0/s1. The van der Waals surface area contributed by atoms with Gasteiger partial charge in [-0.05, 0) is 35.9 Å². The zero-order valence-corrected chi connectivity index (χ0v) is 15.8. The average molecular weight is 419 g/mol. The Balaban J connectivity index is 1.99. The molecular weight excluding hydrogens is 407 g/mol. The van der Waals surface area contributed by atoms with E-state index in [1.165, 1.54) is 52.5 Å². The zero-order chi connectivity index (χ0) is 18.2. The first kappa shape index (κ1) is 18.5. The van der Waals surface area contributed by atoms with Gasteiger partial charge in [-0.1, -0.05) is 29.3 Å². The molecule has 25 heavy (non-hydrogen) atoms. The van der Waals surface area contributed by atoms with E-state index in [9.17, 15) is 18.5 Å². The molecule has 0 spiro atoms. The molecular formula is C15H12Cl2N2O4S2. The molecule has 10 heteroatoms. The molecule has 1 fully saturated rings. The zero-order valence-electron chi connectivity index (χ0n) is 12.6. The number of sulfonamides is 1. The van der Waals surface area contributed by atoms with Crippen molar-refractivity contribution >= 4 is 50.7 Å². The molecule has 1 aliphatic rings. The summed E-state index contributed by atoms with van der Waals surface area (Å²) < 4.78 is 27.2. The minimum Gasteiger partial charge on any atom is -0.258 e. The number of hydrogen-bond acceptors (Lipinski definition) is 5. The summed E-state index contributed by atoms with van der Waals surface area (Å²) >= 11 is 13.1. The van der Waals surface area contributed by atoms with E-state index in [-0.39, 0.29) is 15.6 Å². The topological polar surface area (TPSA) is 80.5 Å². The molecule has 0 unspecified atom stereocenters. The minimum absolute atomic E-state index is 0.0175. The van der Waals surface area contributed by atoms with Crippen molar-refractivity contribution in [3.63, 3.8) is 0 Å². The van der Waals surface area contributed by atoms with E-state index in [0.717, 1.165) is 0 Å². The summed E-state index contributed by atoms with van der Waals surface area (Å²) in [5, 5.41) is 11.0. The first-order valence-corrected chi connectivity index (χ1v) is 10.4. The SMILES string of the molecule is O=[N+]([O-])c1cc([C@@H]2SCCN2S(=O)(=O)c2ccc(Cl)cc2)ccc1Cl. The molecule has 1 heterocycles. The molecule has 2 aromatic carbocycles. The summed E-state index contributed by atoms with van der Waals surface area (Å²) in [4.78, 5) is 10.6. The monoisotopic (exact) mass is 418 g/mol. The van der Waals surface area contributed by atoms with Crippen molar-refractivity contribution in [3.05, 3.63) is 68.2 Å². The Bertz CT molecular complexity index is 920. The third-order valence-corrected chi connectivity index (χ3v) is 7.57. The van der Waals surface area contributed by atoms with Crippen LogP contribution in [0.1, 0.15) is 10.9 Å². The average Bonchev–Trinajstić information content (AvgIpc) is 3.06. The number of rotatable bonds is 4. The molecule has 0 amide bonds. The van der Waals surface area contributed by atoms with E-state index < -0.39 is 20.3 Å². The molecule has 0 radical (unpaired) electrons. The van der Waals surface area contributed by atoms with Crippen LogP contribution in [-0.2, 0) is 10.0 Å². The highest BCUT2D eigenvalue weighted by Gasteiger charge is 2.37. The quantitative estimate of drug-likeness (QED) is 0.544. The van der Waals surface area contributed by atoms with E-state index in [1.54, 1.807) is 6.07 Å². The Hall–Kier alpha value is -1.32. The van der Waals surface area contributed by atoms with Gasteiger partial charge in [0.2, 0.25) is 10.0 Å². The first-order valence-electron chi connectivity index (χ1n) is 7.13. The molecule has 3 rings (SSSR count). The van der Waals surface area contributed by atoms with E-state index >= 15 is 0 Å². The van der Waals surface area contributed by atoms with Crippen molar-refractivity contribution in [1.29, 1.82) is 0 Å². The predicted octanol–water partition coefficient (Wildman–Crippen LogP) is 4.34. The van der Waals surface area contributed by atoms with Crippen LogP contribution in [0.3, 0.4) is 0 Å². The van der Waals surface area contributed by atoms with Gasteiger partial charge in [-0.2, -0.15) is 4.31 Å². The van der Waals surface area contributed by atoms with Crippen LogP contribution in [0.15, 0.2) is 47.4 Å². The van der Waals surface area contributed by atoms with Crippen LogP contribution in [0, 0.1) is 10.1 Å². The maximum absolute atomic E-state index is 12.9. The van der Waals surface area contributed by atoms with Crippen LogP contribution in [0.5, 0.6) is 0 Å². The van der Waals surface area contributed by atoms with Crippen LogP contribution in [0.2, 0.25) is 10.0 Å². The molecule has 0 bridgehead atoms. The molecule has 0 saturated carbocycles. The summed E-state index contributed by atoms with van der Waals surface area (Å²) in [6.45, 7) is 0.316. The smallest absolute Gasteiger partial charge is 0.258 e. The Labute approximate surface area is 158 Å². The predicted molar refractivity (Wildman–Crippen MR) is 98.6 cm³/mol. The second kappa shape index (κ2) is 7.13. The van der Waals surface area contributed by atoms with Gasteiger partial charge in [-0.3, -0.25) is 10.1 Å². The number of nitro groups is 1. The largest absolute Gasteiger partial charge is 0.288 e. The number of halogens is 2. The lowest BCUT2D eigenvalue weighted by Crippen LogP contribution is -2.30. The maximum atomic E-state index is 12.9. The molecule has 132 valence electrons. The molecule has 1 atom stereocenters. The first-order chi connectivity index (χ1) is 11.8. The van der Waals surface area contributed by atoms with Crippen LogP contribution in [0.4, 0.5) is 5.69 Å². The number of benzene rings is 2. The molecule has 1 saturated heterocycles. The van der Waals surface area contributed by atoms with Gasteiger partial charge in [0.25, 0.3) is 5.69 Å². The minimum atomic E-state index is -3.74. The Morgan fingerprint density at radius 2 is 1.84 bits per heavy atom. The lowest BCUT2D eigenvalue weighted by Gasteiger charge is -2.23. The normalized spacial score (nSPS) is 18.4. The van der Waals surface area contributed by atoms with Crippen LogP contribution in [-0.4, -0.2) is 29.9 Å². The summed E-state index contributed by atoms with van der Waals surface area (Å²) in [7, 11) is -3.74. The van der Waals surface area contributed by atoms with E-state index in [4.69, 9.17) is 23.2 Å². The molecule has 2 aromatic rings. The van der Waals surface area contributed by atoms with Gasteiger partial charge in [0, 0.05) is 23.4 Å². The summed E-state index contributed by atoms with van der Waals surface area (Å²) in [5.41, 5.74) is 0.284. The van der Waals surface area contributed by atoms with Gasteiger partial charge >= 0.3 is 0 Å². The van der Waals surface area contributed by atoms with Crippen LogP contribution < -0.4 is 0 Å². The van der Waals surface area contributed by atoms with Crippen molar-refractivity contribution in [2.45, 2.75) is 10.3 Å². The number of nitro benzene ring substituents is 1. The van der Waals surface area contributed by atoms with E-state index in [2.05, 4.69) is 0 Å². The van der Waals surface area contributed by atoms with Crippen LogP contribution in [0.25, 0.3) is 0 Å². The maximum Gasteiger partial charge on any atom is 0.288 e. The molecule has 1 aliphatic heterocycles. The highest BCUT2D eigenvalue weighted by Crippen LogP contribution is 2.43. The summed E-state index contributed by atoms with van der Waals surface area (Å²) in [5.74, 6) is 0.591. The van der Waals surface area contributed by atoms with Gasteiger partial charge in [-0.25, -0.2) is 8.42 Å². The Kier molecular flexibility index (Phi) is 5.26. The molecule has 0 aromatic heterocycles. The fourth-order valence-electron chi connectivity index (χ4n) is 2.53. The van der Waals surface area contributed by atoms with Gasteiger partial charge in [0.15, 0.2) is 0 Å². The lowest BCUT2D eigenvalue weighted by atomic mass is 10.2. The fraction of sp³-hybridized carbons (Fsp3) is 0.200. The van der Waals surface area contributed by atoms with Gasteiger partial charge < -0.3 is 0 Å². The number of thioether (sulfide) groups is 1. The van der Waals surface area contributed by atoms with Gasteiger partial charge in [0.1, 0.15) is 5.02 Å². The van der Waals surface area contributed by atoms with Crippen molar-refractivity contribution in [3.8, 4) is 0 Å². The second-order valence-electron chi connectivity index (χ2n) is 5.26. The van der Waals surface area contributed by atoms with Crippen molar-refractivity contribution < 1.29 is 13.3 Å². The molecule has 0 aliphatic carbocycles. The molecule has 6 nitrogen and oxygen atoms in total. The lowest BCUT2D eigenvalue weighted by molar-refractivity contribution is -0.384. The Morgan fingerprint density at radius 1 is 1.16 bits per heavy atom. The van der Waals surface area contributed by atoms with Crippen molar-refractivity contribution in [2.24, 2.45) is 0 Å².